The number of ether oxygens (including phenoxy) is 1. The van der Waals surface area contributed by atoms with Crippen LogP contribution in [-0.4, -0.2) is 78.3 Å². The van der Waals surface area contributed by atoms with Crippen LogP contribution in [0.15, 0.2) is 71.1 Å². The van der Waals surface area contributed by atoms with Crippen molar-refractivity contribution >= 4 is 40.5 Å². The number of thiophene rings is 1. The van der Waals surface area contributed by atoms with E-state index in [1.54, 1.807) is 23.5 Å². The molecule has 0 aliphatic carbocycles. The molecule has 0 unspecified atom stereocenters. The minimum atomic E-state index is -0.501. The topological polar surface area (TPSA) is 65.5 Å². The number of carbonyl (C=O) groups excluding carboxylic acids is 2. The molecule has 2 amide bonds. The van der Waals surface area contributed by atoms with E-state index < -0.39 is 17.8 Å². The molecule has 10 heteroatoms. The molecule has 0 bridgehead atoms. The van der Waals surface area contributed by atoms with Gasteiger partial charge in [0, 0.05) is 43.2 Å². The second-order valence-electron chi connectivity index (χ2n) is 9.19. The van der Waals surface area contributed by atoms with Crippen molar-refractivity contribution in [3.63, 3.8) is 0 Å². The maximum atomic E-state index is 13.9. The third-order valence-electron chi connectivity index (χ3n) is 6.71. The van der Waals surface area contributed by atoms with Crippen LogP contribution >= 0.6 is 22.9 Å². The van der Waals surface area contributed by atoms with Crippen molar-refractivity contribution < 1.29 is 18.7 Å². The SMILES string of the molecule is O=C(c1cccc(F)c1)N(CCN1CCOCC1)CC(=O)N1N=C(c2cccs2)C[C@H]1c1ccccc1Cl. The fourth-order valence-electron chi connectivity index (χ4n) is 4.70. The molecule has 5 rings (SSSR count). The number of benzene rings is 2. The van der Waals surface area contributed by atoms with Crippen molar-refractivity contribution in [2.24, 2.45) is 5.10 Å². The van der Waals surface area contributed by atoms with Gasteiger partial charge >= 0.3 is 0 Å². The van der Waals surface area contributed by atoms with Crippen molar-refractivity contribution in [2.45, 2.75) is 12.5 Å². The van der Waals surface area contributed by atoms with Crippen LogP contribution in [-0.2, 0) is 9.53 Å². The molecule has 1 aromatic heterocycles. The first-order valence-corrected chi connectivity index (χ1v) is 13.8. The fraction of sp³-hybridized carbons (Fsp3) is 0.321. The molecule has 2 aromatic carbocycles. The predicted molar refractivity (Wildman–Crippen MR) is 146 cm³/mol. The lowest BCUT2D eigenvalue weighted by Crippen LogP contribution is -2.46. The average Bonchev–Trinajstić information content (AvgIpc) is 3.62. The number of carbonyl (C=O) groups is 2. The number of amides is 2. The van der Waals surface area contributed by atoms with Crippen LogP contribution in [0.2, 0.25) is 5.02 Å². The summed E-state index contributed by atoms with van der Waals surface area (Å²) in [6.45, 7) is 3.47. The number of halogens is 2. The van der Waals surface area contributed by atoms with E-state index in [9.17, 15) is 14.0 Å². The Bertz CT molecular complexity index is 1310. The summed E-state index contributed by atoms with van der Waals surface area (Å²) < 4.78 is 19.4. The summed E-state index contributed by atoms with van der Waals surface area (Å²) in [4.78, 5) is 31.9. The van der Waals surface area contributed by atoms with Gasteiger partial charge in [0.1, 0.15) is 12.4 Å². The highest BCUT2D eigenvalue weighted by atomic mass is 35.5. The first kappa shape index (κ1) is 26.5. The number of rotatable bonds is 8. The number of hydrazone groups is 1. The molecule has 1 saturated heterocycles. The van der Waals surface area contributed by atoms with E-state index in [0.717, 1.165) is 29.2 Å². The zero-order valence-corrected chi connectivity index (χ0v) is 22.3. The highest BCUT2D eigenvalue weighted by Gasteiger charge is 2.36. The van der Waals surface area contributed by atoms with E-state index in [0.29, 0.717) is 37.7 Å². The molecule has 38 heavy (non-hydrogen) atoms. The Morgan fingerprint density at radius 1 is 1.11 bits per heavy atom. The molecule has 0 saturated carbocycles. The molecule has 0 N–H and O–H groups in total. The minimum absolute atomic E-state index is 0.193. The number of nitrogens with zero attached hydrogens (tertiary/aromatic N) is 4. The van der Waals surface area contributed by atoms with Crippen LogP contribution in [0.5, 0.6) is 0 Å². The summed E-state index contributed by atoms with van der Waals surface area (Å²) in [5.41, 5.74) is 1.80. The molecule has 1 fully saturated rings. The molecule has 2 aliphatic heterocycles. The molecule has 3 aromatic rings. The Balaban J connectivity index is 1.40. The monoisotopic (exact) mass is 554 g/mol. The summed E-state index contributed by atoms with van der Waals surface area (Å²) in [5.74, 6) is -1.23. The lowest BCUT2D eigenvalue weighted by molar-refractivity contribution is -0.133. The summed E-state index contributed by atoms with van der Waals surface area (Å²) in [6, 6.07) is 16.5. The van der Waals surface area contributed by atoms with Crippen molar-refractivity contribution in [1.82, 2.24) is 14.8 Å². The lowest BCUT2D eigenvalue weighted by Gasteiger charge is -2.31. The largest absolute Gasteiger partial charge is 0.379 e. The molecule has 0 radical (unpaired) electrons. The maximum Gasteiger partial charge on any atom is 0.262 e. The van der Waals surface area contributed by atoms with Crippen LogP contribution < -0.4 is 0 Å². The normalized spacial score (nSPS) is 17.9. The quantitative estimate of drug-likeness (QED) is 0.405. The third kappa shape index (κ3) is 6.13. The third-order valence-corrected chi connectivity index (χ3v) is 7.97. The summed E-state index contributed by atoms with van der Waals surface area (Å²) in [5, 5.41) is 8.68. The summed E-state index contributed by atoms with van der Waals surface area (Å²) in [7, 11) is 0. The second-order valence-corrected chi connectivity index (χ2v) is 10.5. The van der Waals surface area contributed by atoms with Crippen LogP contribution in [0, 0.1) is 5.82 Å². The highest BCUT2D eigenvalue weighted by Crippen LogP contribution is 2.37. The van der Waals surface area contributed by atoms with Gasteiger partial charge in [0.2, 0.25) is 0 Å². The van der Waals surface area contributed by atoms with Crippen LogP contribution in [0.1, 0.15) is 33.3 Å². The molecular formula is C28H28ClFN4O3S. The van der Waals surface area contributed by atoms with Gasteiger partial charge in [0.25, 0.3) is 11.8 Å². The lowest BCUT2D eigenvalue weighted by atomic mass is 10.0. The highest BCUT2D eigenvalue weighted by molar-refractivity contribution is 7.12. The van der Waals surface area contributed by atoms with Gasteiger partial charge in [0.15, 0.2) is 0 Å². The predicted octanol–water partition coefficient (Wildman–Crippen LogP) is 4.69. The Hall–Kier alpha value is -3.11. The van der Waals surface area contributed by atoms with Gasteiger partial charge in [-0.1, -0.05) is 41.9 Å². The molecule has 7 nitrogen and oxygen atoms in total. The molecule has 2 aliphatic rings. The molecule has 1 atom stereocenters. The van der Waals surface area contributed by atoms with Crippen molar-refractivity contribution in [2.75, 3.05) is 45.9 Å². The van der Waals surface area contributed by atoms with Gasteiger partial charge in [-0.05, 0) is 41.3 Å². The van der Waals surface area contributed by atoms with Gasteiger partial charge < -0.3 is 9.64 Å². The van der Waals surface area contributed by atoms with E-state index in [-0.39, 0.29) is 18.0 Å². The van der Waals surface area contributed by atoms with Crippen LogP contribution in [0.25, 0.3) is 0 Å². The number of hydrogen-bond acceptors (Lipinski definition) is 6. The van der Waals surface area contributed by atoms with E-state index >= 15 is 0 Å². The first-order valence-electron chi connectivity index (χ1n) is 12.5. The summed E-state index contributed by atoms with van der Waals surface area (Å²) in [6.07, 6.45) is 0.515. The first-order chi connectivity index (χ1) is 18.5. The zero-order chi connectivity index (χ0) is 26.5. The van der Waals surface area contributed by atoms with Crippen LogP contribution in [0.4, 0.5) is 4.39 Å². The van der Waals surface area contributed by atoms with Gasteiger partial charge in [0.05, 0.1) is 29.8 Å². The van der Waals surface area contributed by atoms with Crippen molar-refractivity contribution in [3.05, 3.63) is 92.9 Å². The van der Waals surface area contributed by atoms with Gasteiger partial charge in [-0.25, -0.2) is 9.40 Å². The second kappa shape index (κ2) is 12.2. The minimum Gasteiger partial charge on any atom is -0.379 e. The molecule has 3 heterocycles. The van der Waals surface area contributed by atoms with Gasteiger partial charge in [-0.3, -0.25) is 14.5 Å². The van der Waals surface area contributed by atoms with Crippen molar-refractivity contribution in [3.8, 4) is 0 Å². The molecule has 198 valence electrons. The number of hydrogen-bond donors (Lipinski definition) is 0. The molecule has 0 spiro atoms. The van der Waals surface area contributed by atoms with E-state index in [4.69, 9.17) is 21.4 Å². The van der Waals surface area contributed by atoms with Gasteiger partial charge in [-0.15, -0.1) is 11.3 Å². The summed E-state index contributed by atoms with van der Waals surface area (Å²) >= 11 is 8.09. The van der Waals surface area contributed by atoms with Crippen molar-refractivity contribution in [1.29, 1.82) is 0 Å². The van der Waals surface area contributed by atoms with E-state index in [1.165, 1.54) is 28.1 Å². The number of morpholine rings is 1. The fourth-order valence-corrected chi connectivity index (χ4v) is 5.68. The Labute approximate surface area is 230 Å². The Morgan fingerprint density at radius 2 is 1.92 bits per heavy atom. The standard InChI is InChI=1S/C28H28ClFN4O3S/c29-23-8-2-1-7-22(23)25-18-24(26-9-4-16-38-26)31-34(25)27(35)19-33(11-10-32-12-14-37-15-13-32)28(36)20-5-3-6-21(30)17-20/h1-9,16-17,25H,10-15,18-19H2/t25-/m0/s1. The smallest absolute Gasteiger partial charge is 0.262 e. The van der Waals surface area contributed by atoms with E-state index in [1.807, 2.05) is 35.7 Å². The van der Waals surface area contributed by atoms with Crippen LogP contribution in [0.3, 0.4) is 0 Å². The molecular weight excluding hydrogens is 527 g/mol. The zero-order valence-electron chi connectivity index (χ0n) is 20.8. The average molecular weight is 555 g/mol. The Kier molecular flexibility index (Phi) is 8.48. The van der Waals surface area contributed by atoms with Gasteiger partial charge in [-0.2, -0.15) is 5.10 Å². The Morgan fingerprint density at radius 3 is 2.66 bits per heavy atom. The van der Waals surface area contributed by atoms with E-state index in [2.05, 4.69) is 4.90 Å². The maximum absolute atomic E-state index is 13.9.